The SMILES string of the molecule is COCCN(c1cc(Cl)ccc1CCl)C1CC1. The van der Waals surface area contributed by atoms with Crippen LogP contribution in [0.3, 0.4) is 0 Å². The Hall–Kier alpha value is -0.440. The molecule has 1 aliphatic carbocycles. The maximum Gasteiger partial charge on any atom is 0.0637 e. The molecule has 0 amide bonds. The maximum absolute atomic E-state index is 6.08. The highest BCUT2D eigenvalue weighted by molar-refractivity contribution is 6.31. The highest BCUT2D eigenvalue weighted by atomic mass is 35.5. The third kappa shape index (κ3) is 3.27. The Morgan fingerprint density at radius 2 is 2.18 bits per heavy atom. The first-order valence-electron chi connectivity index (χ1n) is 5.86. The number of anilines is 1. The third-order valence-corrected chi connectivity index (χ3v) is 3.55. The lowest BCUT2D eigenvalue weighted by Gasteiger charge is -2.26. The minimum absolute atomic E-state index is 0.517. The zero-order chi connectivity index (χ0) is 12.3. The molecule has 0 saturated heterocycles. The second-order valence-corrected chi connectivity index (χ2v) is 5.03. The summed E-state index contributed by atoms with van der Waals surface area (Å²) in [7, 11) is 1.73. The van der Waals surface area contributed by atoms with Crippen molar-refractivity contribution < 1.29 is 4.74 Å². The summed E-state index contributed by atoms with van der Waals surface area (Å²) < 4.78 is 5.17. The molecule has 1 fully saturated rings. The van der Waals surface area contributed by atoms with Gasteiger partial charge in [0, 0.05) is 36.3 Å². The van der Waals surface area contributed by atoms with E-state index in [1.54, 1.807) is 7.11 Å². The number of rotatable bonds is 6. The van der Waals surface area contributed by atoms with E-state index in [1.165, 1.54) is 12.8 Å². The predicted octanol–water partition coefficient (Wildman–Crippen LogP) is 3.69. The van der Waals surface area contributed by atoms with Crippen molar-refractivity contribution in [3.05, 3.63) is 28.8 Å². The van der Waals surface area contributed by atoms with Gasteiger partial charge in [0.2, 0.25) is 0 Å². The molecule has 2 nitrogen and oxygen atoms in total. The average molecular weight is 274 g/mol. The van der Waals surface area contributed by atoms with E-state index in [4.69, 9.17) is 27.9 Å². The minimum Gasteiger partial charge on any atom is -0.383 e. The van der Waals surface area contributed by atoms with E-state index in [0.29, 0.717) is 11.9 Å². The molecular formula is C13H17Cl2NO. The Bertz CT molecular complexity index is 380. The predicted molar refractivity (Wildman–Crippen MR) is 73.3 cm³/mol. The Labute approximate surface area is 112 Å². The number of hydrogen-bond donors (Lipinski definition) is 0. The summed E-state index contributed by atoms with van der Waals surface area (Å²) in [6.07, 6.45) is 2.50. The average Bonchev–Trinajstić information content (AvgIpc) is 3.14. The summed E-state index contributed by atoms with van der Waals surface area (Å²) in [6.45, 7) is 1.62. The first-order valence-corrected chi connectivity index (χ1v) is 6.77. The number of methoxy groups -OCH3 is 1. The molecule has 17 heavy (non-hydrogen) atoms. The summed E-state index contributed by atoms with van der Waals surface area (Å²) >= 11 is 12.1. The molecule has 0 bridgehead atoms. The van der Waals surface area contributed by atoms with Gasteiger partial charge in [-0.3, -0.25) is 0 Å². The van der Waals surface area contributed by atoms with Crippen molar-refractivity contribution in [3.8, 4) is 0 Å². The van der Waals surface area contributed by atoms with E-state index >= 15 is 0 Å². The van der Waals surface area contributed by atoms with Crippen LogP contribution in [0.25, 0.3) is 0 Å². The lowest BCUT2D eigenvalue weighted by molar-refractivity contribution is 0.205. The normalized spacial score (nSPS) is 15.0. The first-order chi connectivity index (χ1) is 8.26. The zero-order valence-corrected chi connectivity index (χ0v) is 11.5. The molecule has 0 spiro atoms. The van der Waals surface area contributed by atoms with Gasteiger partial charge < -0.3 is 9.64 Å². The zero-order valence-electron chi connectivity index (χ0n) is 9.96. The van der Waals surface area contributed by atoms with E-state index in [1.807, 2.05) is 18.2 Å². The van der Waals surface area contributed by atoms with Crippen molar-refractivity contribution in [1.82, 2.24) is 0 Å². The lowest BCUT2D eigenvalue weighted by Crippen LogP contribution is -2.30. The molecular weight excluding hydrogens is 257 g/mol. The van der Waals surface area contributed by atoms with Crippen LogP contribution < -0.4 is 4.90 Å². The Kier molecular flexibility index (Phi) is 4.55. The van der Waals surface area contributed by atoms with Crippen LogP contribution in [-0.4, -0.2) is 26.3 Å². The van der Waals surface area contributed by atoms with Gasteiger partial charge in [0.05, 0.1) is 6.61 Å². The van der Waals surface area contributed by atoms with E-state index in [-0.39, 0.29) is 0 Å². The first kappa shape index (κ1) is 13.0. The van der Waals surface area contributed by atoms with Gasteiger partial charge in [-0.15, -0.1) is 11.6 Å². The largest absolute Gasteiger partial charge is 0.383 e. The fourth-order valence-electron chi connectivity index (χ4n) is 1.99. The summed E-state index contributed by atoms with van der Waals surface area (Å²) in [5.41, 5.74) is 2.30. The number of nitrogens with zero attached hydrogens (tertiary/aromatic N) is 1. The van der Waals surface area contributed by atoms with E-state index in [2.05, 4.69) is 4.90 Å². The number of alkyl halides is 1. The smallest absolute Gasteiger partial charge is 0.0637 e. The van der Waals surface area contributed by atoms with Crippen molar-refractivity contribution >= 4 is 28.9 Å². The fourth-order valence-corrected chi connectivity index (χ4v) is 2.39. The molecule has 0 N–H and O–H groups in total. The minimum atomic E-state index is 0.517. The lowest BCUT2D eigenvalue weighted by atomic mass is 10.1. The van der Waals surface area contributed by atoms with Crippen molar-refractivity contribution in [3.63, 3.8) is 0 Å². The van der Waals surface area contributed by atoms with Crippen molar-refractivity contribution in [1.29, 1.82) is 0 Å². The topological polar surface area (TPSA) is 12.5 Å². The van der Waals surface area contributed by atoms with Gasteiger partial charge in [-0.05, 0) is 30.5 Å². The van der Waals surface area contributed by atoms with Crippen LogP contribution in [0.1, 0.15) is 18.4 Å². The van der Waals surface area contributed by atoms with Gasteiger partial charge in [0.25, 0.3) is 0 Å². The standard InChI is InChI=1S/C13H17Cl2NO/c1-17-7-6-16(12-4-5-12)13-8-11(15)3-2-10(13)9-14/h2-3,8,12H,4-7,9H2,1H3. The Balaban J connectivity index is 2.23. The van der Waals surface area contributed by atoms with Gasteiger partial charge in [0.15, 0.2) is 0 Å². The van der Waals surface area contributed by atoms with E-state index in [0.717, 1.165) is 29.4 Å². The summed E-state index contributed by atoms with van der Waals surface area (Å²) in [4.78, 5) is 2.37. The second kappa shape index (κ2) is 5.94. The molecule has 0 radical (unpaired) electrons. The van der Waals surface area contributed by atoms with Crippen molar-refractivity contribution in [2.75, 3.05) is 25.2 Å². The van der Waals surface area contributed by atoms with Gasteiger partial charge in [-0.1, -0.05) is 17.7 Å². The van der Waals surface area contributed by atoms with Crippen LogP contribution in [0.4, 0.5) is 5.69 Å². The monoisotopic (exact) mass is 273 g/mol. The number of ether oxygens (including phenoxy) is 1. The van der Waals surface area contributed by atoms with Gasteiger partial charge in [-0.25, -0.2) is 0 Å². The van der Waals surface area contributed by atoms with Crippen molar-refractivity contribution in [2.45, 2.75) is 24.8 Å². The number of halogens is 2. The molecule has 0 aliphatic heterocycles. The molecule has 1 aromatic carbocycles. The molecule has 1 aromatic rings. The Morgan fingerprint density at radius 3 is 2.76 bits per heavy atom. The highest BCUT2D eigenvalue weighted by Crippen LogP contribution is 2.35. The molecule has 1 saturated carbocycles. The number of benzene rings is 1. The van der Waals surface area contributed by atoms with Crippen LogP contribution in [0.5, 0.6) is 0 Å². The van der Waals surface area contributed by atoms with Crippen LogP contribution in [0.15, 0.2) is 18.2 Å². The summed E-state index contributed by atoms with van der Waals surface area (Å²) in [5, 5.41) is 0.761. The second-order valence-electron chi connectivity index (χ2n) is 4.32. The molecule has 0 atom stereocenters. The van der Waals surface area contributed by atoms with E-state index in [9.17, 15) is 0 Å². The van der Waals surface area contributed by atoms with Crippen LogP contribution in [0.2, 0.25) is 5.02 Å². The molecule has 4 heteroatoms. The quantitative estimate of drug-likeness (QED) is 0.733. The molecule has 1 aliphatic rings. The highest BCUT2D eigenvalue weighted by Gasteiger charge is 2.30. The van der Waals surface area contributed by atoms with Gasteiger partial charge in [0.1, 0.15) is 0 Å². The van der Waals surface area contributed by atoms with Crippen LogP contribution in [-0.2, 0) is 10.6 Å². The van der Waals surface area contributed by atoms with Gasteiger partial charge in [-0.2, -0.15) is 0 Å². The van der Waals surface area contributed by atoms with Crippen molar-refractivity contribution in [2.24, 2.45) is 0 Å². The molecule has 94 valence electrons. The summed E-state index contributed by atoms with van der Waals surface area (Å²) in [5.74, 6) is 0.517. The maximum atomic E-state index is 6.08. The van der Waals surface area contributed by atoms with Gasteiger partial charge >= 0.3 is 0 Å². The molecule has 0 unspecified atom stereocenters. The number of hydrogen-bond acceptors (Lipinski definition) is 2. The third-order valence-electron chi connectivity index (χ3n) is 3.02. The van der Waals surface area contributed by atoms with Crippen LogP contribution >= 0.6 is 23.2 Å². The molecule has 0 heterocycles. The van der Waals surface area contributed by atoms with Crippen LogP contribution in [0, 0.1) is 0 Å². The molecule has 2 rings (SSSR count). The Morgan fingerprint density at radius 1 is 1.41 bits per heavy atom. The summed E-state index contributed by atoms with van der Waals surface area (Å²) in [6, 6.07) is 6.54. The van der Waals surface area contributed by atoms with E-state index < -0.39 is 0 Å². The molecule has 0 aromatic heterocycles. The fraction of sp³-hybridized carbons (Fsp3) is 0.538.